The van der Waals surface area contributed by atoms with Gasteiger partial charge >= 0.3 is 5.97 Å². The summed E-state index contributed by atoms with van der Waals surface area (Å²) in [5.41, 5.74) is 2.44. The van der Waals surface area contributed by atoms with Crippen molar-refractivity contribution in [1.82, 2.24) is 0 Å². The van der Waals surface area contributed by atoms with E-state index < -0.39 is 5.97 Å². The third-order valence-corrected chi connectivity index (χ3v) is 2.95. The Labute approximate surface area is 122 Å². The number of cyclic esters (lactones) is 1. The Bertz CT molecular complexity index is 735. The second-order valence-electron chi connectivity index (χ2n) is 4.63. The van der Waals surface area contributed by atoms with Crippen LogP contribution in [0.15, 0.2) is 63.8 Å². The summed E-state index contributed by atoms with van der Waals surface area (Å²) in [6.45, 7) is 2.03. The topological polar surface area (TPSA) is 51.8 Å². The third kappa shape index (κ3) is 3.17. The van der Waals surface area contributed by atoms with Crippen LogP contribution in [0.3, 0.4) is 0 Å². The molecular formula is C17H13NO3. The Morgan fingerprint density at radius 1 is 1.10 bits per heavy atom. The van der Waals surface area contributed by atoms with Crippen LogP contribution in [0.5, 0.6) is 0 Å². The number of hydrogen-bond acceptors (Lipinski definition) is 4. The molecule has 0 spiro atoms. The maximum atomic E-state index is 11.7. The van der Waals surface area contributed by atoms with E-state index >= 15 is 0 Å². The van der Waals surface area contributed by atoms with Gasteiger partial charge in [-0.15, -0.1) is 0 Å². The van der Waals surface area contributed by atoms with Crippen LogP contribution in [0.1, 0.15) is 16.9 Å². The number of esters is 1. The Morgan fingerprint density at radius 2 is 1.90 bits per heavy atom. The van der Waals surface area contributed by atoms with Gasteiger partial charge in [0.15, 0.2) is 5.70 Å². The highest BCUT2D eigenvalue weighted by Gasteiger charge is 2.21. The van der Waals surface area contributed by atoms with Crippen molar-refractivity contribution in [2.75, 3.05) is 0 Å². The van der Waals surface area contributed by atoms with Gasteiger partial charge in [0.2, 0.25) is 5.90 Å². The summed E-state index contributed by atoms with van der Waals surface area (Å²) in [5.74, 6) is 0.364. The molecule has 3 rings (SSSR count). The summed E-state index contributed by atoms with van der Waals surface area (Å²) in [7, 11) is 0. The minimum absolute atomic E-state index is 0.230. The lowest BCUT2D eigenvalue weighted by molar-refractivity contribution is -0.129. The predicted octanol–water partition coefficient (Wildman–Crippen LogP) is 3.60. The van der Waals surface area contributed by atoms with E-state index in [0.717, 1.165) is 5.56 Å². The van der Waals surface area contributed by atoms with Crippen molar-refractivity contribution in [3.8, 4) is 0 Å². The van der Waals surface area contributed by atoms with Crippen molar-refractivity contribution < 1.29 is 13.9 Å². The highest BCUT2D eigenvalue weighted by Crippen LogP contribution is 2.16. The molecule has 4 heteroatoms. The fourth-order valence-corrected chi connectivity index (χ4v) is 1.85. The summed E-state index contributed by atoms with van der Waals surface area (Å²) < 4.78 is 10.2. The Kier molecular flexibility index (Phi) is 3.51. The fraction of sp³-hybridized carbons (Fsp3) is 0.0588. The Hall–Kier alpha value is -2.88. The van der Waals surface area contributed by atoms with E-state index in [0.29, 0.717) is 5.76 Å². The molecule has 0 radical (unpaired) electrons. The number of hydrogen-bond donors (Lipinski definition) is 0. The molecule has 1 aromatic carbocycles. The first-order valence-electron chi connectivity index (χ1n) is 6.51. The molecule has 0 fully saturated rings. The van der Waals surface area contributed by atoms with Gasteiger partial charge in [0, 0.05) is 12.2 Å². The van der Waals surface area contributed by atoms with Crippen molar-refractivity contribution in [2.24, 2.45) is 4.99 Å². The summed E-state index contributed by atoms with van der Waals surface area (Å²) in [6, 6.07) is 11.5. The number of benzene rings is 1. The molecule has 1 aliphatic heterocycles. The van der Waals surface area contributed by atoms with E-state index in [1.54, 1.807) is 24.3 Å². The maximum absolute atomic E-state index is 11.7. The van der Waals surface area contributed by atoms with Crippen molar-refractivity contribution in [1.29, 1.82) is 0 Å². The summed E-state index contributed by atoms with van der Waals surface area (Å²) in [6.07, 6.45) is 6.61. The number of ether oxygens (including phenoxy) is 1. The quantitative estimate of drug-likeness (QED) is 0.637. The predicted molar refractivity (Wildman–Crippen MR) is 80.4 cm³/mol. The standard InChI is InChI=1S/C17H13NO3/c1-12-4-6-13(7-5-12)8-9-16-18-15(17(19)21-16)11-14-3-2-10-20-14/h2-11H,1H3/b9-8+,15-11-. The molecule has 0 saturated carbocycles. The van der Waals surface area contributed by atoms with Gasteiger partial charge < -0.3 is 9.15 Å². The molecule has 1 aliphatic rings. The first kappa shape index (κ1) is 13.1. The smallest absolute Gasteiger partial charge is 0.363 e. The van der Waals surface area contributed by atoms with Crippen LogP contribution in [-0.2, 0) is 9.53 Å². The summed E-state index contributed by atoms with van der Waals surface area (Å²) in [5, 5.41) is 0. The molecule has 0 atom stereocenters. The first-order valence-corrected chi connectivity index (χ1v) is 6.51. The number of furan rings is 1. The van der Waals surface area contributed by atoms with E-state index in [1.807, 2.05) is 37.3 Å². The minimum Gasteiger partial charge on any atom is -0.465 e. The molecule has 0 N–H and O–H groups in total. The molecule has 0 aliphatic carbocycles. The molecule has 104 valence electrons. The van der Waals surface area contributed by atoms with Crippen LogP contribution < -0.4 is 0 Å². The van der Waals surface area contributed by atoms with E-state index in [-0.39, 0.29) is 11.6 Å². The second kappa shape index (κ2) is 5.63. The molecule has 1 aromatic heterocycles. The largest absolute Gasteiger partial charge is 0.465 e. The molecular weight excluding hydrogens is 266 g/mol. The Balaban J connectivity index is 1.77. The summed E-state index contributed by atoms with van der Waals surface area (Å²) in [4.78, 5) is 15.8. The number of rotatable bonds is 3. The van der Waals surface area contributed by atoms with Gasteiger partial charge in [-0.05, 0) is 30.7 Å². The van der Waals surface area contributed by atoms with Gasteiger partial charge in [0.1, 0.15) is 5.76 Å². The number of aryl methyl sites for hydroxylation is 1. The minimum atomic E-state index is -0.477. The molecule has 2 aromatic rings. The van der Waals surface area contributed by atoms with E-state index in [9.17, 15) is 4.79 Å². The number of aliphatic imine (C=N–C) groups is 1. The zero-order valence-electron chi connectivity index (χ0n) is 11.4. The van der Waals surface area contributed by atoms with Gasteiger partial charge in [-0.2, -0.15) is 0 Å². The SMILES string of the molecule is Cc1ccc(/C=C/C2=NC(=C\c3ccco3)/C(=O)O2)cc1. The number of carbonyl (C=O) groups excluding carboxylic acids is 1. The van der Waals surface area contributed by atoms with Crippen molar-refractivity contribution >= 4 is 24.0 Å². The van der Waals surface area contributed by atoms with Gasteiger partial charge in [0.05, 0.1) is 6.26 Å². The molecule has 0 unspecified atom stereocenters. The normalized spacial score (nSPS) is 16.5. The highest BCUT2D eigenvalue weighted by atomic mass is 16.6. The number of carbonyl (C=O) groups is 1. The number of nitrogens with zero attached hydrogens (tertiary/aromatic N) is 1. The maximum Gasteiger partial charge on any atom is 0.363 e. The molecule has 0 amide bonds. The molecule has 21 heavy (non-hydrogen) atoms. The van der Waals surface area contributed by atoms with Crippen molar-refractivity contribution in [3.63, 3.8) is 0 Å². The molecule has 4 nitrogen and oxygen atoms in total. The monoisotopic (exact) mass is 279 g/mol. The van der Waals surface area contributed by atoms with Crippen LogP contribution in [0.2, 0.25) is 0 Å². The molecule has 0 saturated heterocycles. The zero-order valence-corrected chi connectivity index (χ0v) is 11.4. The average molecular weight is 279 g/mol. The lowest BCUT2D eigenvalue weighted by Gasteiger charge is -1.94. The van der Waals surface area contributed by atoms with E-state index in [4.69, 9.17) is 9.15 Å². The molecule has 0 bridgehead atoms. The second-order valence-corrected chi connectivity index (χ2v) is 4.63. The fourth-order valence-electron chi connectivity index (χ4n) is 1.85. The third-order valence-electron chi connectivity index (χ3n) is 2.95. The van der Waals surface area contributed by atoms with Crippen molar-refractivity contribution in [2.45, 2.75) is 6.92 Å². The van der Waals surface area contributed by atoms with Crippen LogP contribution >= 0.6 is 0 Å². The van der Waals surface area contributed by atoms with Crippen LogP contribution in [0, 0.1) is 6.92 Å². The van der Waals surface area contributed by atoms with Crippen LogP contribution in [-0.4, -0.2) is 11.9 Å². The average Bonchev–Trinajstić information content (AvgIpc) is 3.10. The summed E-state index contributed by atoms with van der Waals surface area (Å²) >= 11 is 0. The Morgan fingerprint density at radius 3 is 2.62 bits per heavy atom. The van der Waals surface area contributed by atoms with Gasteiger partial charge in [0.25, 0.3) is 0 Å². The lowest BCUT2D eigenvalue weighted by atomic mass is 10.1. The van der Waals surface area contributed by atoms with Gasteiger partial charge in [-0.25, -0.2) is 9.79 Å². The van der Waals surface area contributed by atoms with Crippen LogP contribution in [0.4, 0.5) is 0 Å². The van der Waals surface area contributed by atoms with Crippen LogP contribution in [0.25, 0.3) is 12.2 Å². The zero-order chi connectivity index (χ0) is 14.7. The van der Waals surface area contributed by atoms with Gasteiger partial charge in [-0.3, -0.25) is 0 Å². The first-order chi connectivity index (χ1) is 10.2. The van der Waals surface area contributed by atoms with E-state index in [1.165, 1.54) is 11.8 Å². The van der Waals surface area contributed by atoms with E-state index in [2.05, 4.69) is 4.99 Å². The van der Waals surface area contributed by atoms with Gasteiger partial charge in [-0.1, -0.05) is 29.8 Å². The highest BCUT2D eigenvalue weighted by molar-refractivity contribution is 6.11. The molecule has 2 heterocycles. The lowest BCUT2D eigenvalue weighted by Crippen LogP contribution is -2.00. The van der Waals surface area contributed by atoms with Crippen molar-refractivity contribution in [3.05, 3.63) is 71.3 Å².